The van der Waals surface area contributed by atoms with Gasteiger partial charge in [0.1, 0.15) is 0 Å². The lowest BCUT2D eigenvalue weighted by Crippen LogP contribution is -2.39. The molecule has 1 aromatic carbocycles. The van der Waals surface area contributed by atoms with Gasteiger partial charge in [-0.3, -0.25) is 0 Å². The number of aryl methyl sites for hydroxylation is 1. The number of hydrogen-bond donors (Lipinski definition) is 2. The van der Waals surface area contributed by atoms with Crippen LogP contribution in [-0.4, -0.2) is 24.8 Å². The Kier molecular flexibility index (Phi) is 4.57. The van der Waals surface area contributed by atoms with Crippen LogP contribution in [0.15, 0.2) is 30.3 Å². The minimum Gasteiger partial charge on any atom is -0.396 e. The minimum absolute atomic E-state index is 0.194. The molecule has 0 amide bonds. The summed E-state index contributed by atoms with van der Waals surface area (Å²) in [7, 11) is 0. The standard InChI is InChI=1S/C15H23NO/c17-13-15(9-11-16-12-10-15)8-4-7-14-5-2-1-3-6-14/h1-3,5-6,16-17H,4,7-13H2. The van der Waals surface area contributed by atoms with Crippen molar-refractivity contribution in [1.82, 2.24) is 5.32 Å². The first-order valence-electron chi connectivity index (χ1n) is 6.70. The van der Waals surface area contributed by atoms with E-state index in [-0.39, 0.29) is 5.41 Å². The van der Waals surface area contributed by atoms with E-state index in [1.54, 1.807) is 0 Å². The summed E-state index contributed by atoms with van der Waals surface area (Å²) in [6, 6.07) is 10.6. The lowest BCUT2D eigenvalue weighted by atomic mass is 9.75. The molecule has 2 rings (SSSR count). The summed E-state index contributed by atoms with van der Waals surface area (Å²) in [4.78, 5) is 0. The van der Waals surface area contributed by atoms with Gasteiger partial charge in [0.15, 0.2) is 0 Å². The number of nitrogens with one attached hydrogen (secondary N) is 1. The van der Waals surface area contributed by atoms with E-state index in [0.717, 1.165) is 38.8 Å². The zero-order valence-corrected chi connectivity index (χ0v) is 10.5. The molecule has 17 heavy (non-hydrogen) atoms. The second-order valence-electron chi connectivity index (χ2n) is 5.25. The summed E-state index contributed by atoms with van der Waals surface area (Å²) in [5, 5.41) is 13.0. The Bertz CT molecular complexity index is 317. The fraction of sp³-hybridized carbons (Fsp3) is 0.600. The van der Waals surface area contributed by atoms with Crippen LogP contribution < -0.4 is 5.32 Å². The molecule has 2 heteroatoms. The van der Waals surface area contributed by atoms with Gasteiger partial charge in [-0.25, -0.2) is 0 Å². The molecule has 2 nitrogen and oxygen atoms in total. The Hall–Kier alpha value is -0.860. The summed E-state index contributed by atoms with van der Waals surface area (Å²) in [5.74, 6) is 0. The Labute approximate surface area is 104 Å². The van der Waals surface area contributed by atoms with Crippen LogP contribution in [0.4, 0.5) is 0 Å². The highest BCUT2D eigenvalue weighted by Gasteiger charge is 2.30. The van der Waals surface area contributed by atoms with E-state index >= 15 is 0 Å². The van der Waals surface area contributed by atoms with Crippen molar-refractivity contribution in [2.75, 3.05) is 19.7 Å². The highest BCUT2D eigenvalue weighted by Crippen LogP contribution is 2.33. The van der Waals surface area contributed by atoms with E-state index in [2.05, 4.69) is 35.6 Å². The van der Waals surface area contributed by atoms with Crippen LogP contribution in [0, 0.1) is 5.41 Å². The lowest BCUT2D eigenvalue weighted by Gasteiger charge is -2.36. The second-order valence-corrected chi connectivity index (χ2v) is 5.25. The highest BCUT2D eigenvalue weighted by molar-refractivity contribution is 5.14. The molecule has 0 unspecified atom stereocenters. The maximum absolute atomic E-state index is 9.61. The van der Waals surface area contributed by atoms with Gasteiger partial charge in [-0.15, -0.1) is 0 Å². The molecule has 2 N–H and O–H groups in total. The number of rotatable bonds is 5. The topological polar surface area (TPSA) is 32.3 Å². The van der Waals surface area contributed by atoms with Crippen molar-refractivity contribution >= 4 is 0 Å². The third kappa shape index (κ3) is 3.55. The molecule has 1 aliphatic rings. The predicted octanol–water partition coefficient (Wildman–Crippen LogP) is 2.37. The van der Waals surface area contributed by atoms with Crippen molar-refractivity contribution in [2.45, 2.75) is 32.1 Å². The average molecular weight is 233 g/mol. The first-order valence-corrected chi connectivity index (χ1v) is 6.70. The van der Waals surface area contributed by atoms with E-state index in [1.165, 1.54) is 12.0 Å². The van der Waals surface area contributed by atoms with Gasteiger partial charge in [-0.05, 0) is 56.2 Å². The number of piperidine rings is 1. The van der Waals surface area contributed by atoms with Gasteiger partial charge in [0.25, 0.3) is 0 Å². The molecular weight excluding hydrogens is 210 g/mol. The SMILES string of the molecule is OCC1(CCCc2ccccc2)CCNCC1. The molecule has 0 bridgehead atoms. The number of aliphatic hydroxyl groups excluding tert-OH is 1. The lowest BCUT2D eigenvalue weighted by molar-refractivity contribution is 0.0783. The van der Waals surface area contributed by atoms with E-state index in [1.807, 2.05) is 0 Å². The maximum Gasteiger partial charge on any atom is 0.0488 e. The Morgan fingerprint density at radius 1 is 1.12 bits per heavy atom. The summed E-state index contributed by atoms with van der Waals surface area (Å²) >= 11 is 0. The molecule has 0 aliphatic carbocycles. The average Bonchev–Trinajstić information content (AvgIpc) is 2.41. The highest BCUT2D eigenvalue weighted by atomic mass is 16.3. The van der Waals surface area contributed by atoms with Crippen LogP contribution in [0.5, 0.6) is 0 Å². The largest absolute Gasteiger partial charge is 0.396 e. The zero-order chi connectivity index (χ0) is 12.0. The molecular formula is C15H23NO. The molecule has 0 saturated carbocycles. The molecule has 94 valence electrons. The molecule has 1 aliphatic heterocycles. The number of aliphatic hydroxyl groups is 1. The Balaban J connectivity index is 1.80. The Morgan fingerprint density at radius 3 is 2.47 bits per heavy atom. The van der Waals surface area contributed by atoms with Crippen molar-refractivity contribution in [3.63, 3.8) is 0 Å². The molecule has 0 aromatic heterocycles. The molecule has 0 radical (unpaired) electrons. The first kappa shape index (κ1) is 12.6. The van der Waals surface area contributed by atoms with Crippen LogP contribution in [0.3, 0.4) is 0 Å². The molecule has 1 saturated heterocycles. The monoisotopic (exact) mass is 233 g/mol. The summed E-state index contributed by atoms with van der Waals surface area (Å²) in [6.07, 6.45) is 5.72. The van der Waals surface area contributed by atoms with E-state index in [4.69, 9.17) is 0 Å². The molecule has 1 heterocycles. The van der Waals surface area contributed by atoms with Gasteiger partial charge in [0.2, 0.25) is 0 Å². The predicted molar refractivity (Wildman–Crippen MR) is 71.0 cm³/mol. The van der Waals surface area contributed by atoms with Gasteiger partial charge < -0.3 is 10.4 Å². The van der Waals surface area contributed by atoms with E-state index in [0.29, 0.717) is 6.61 Å². The van der Waals surface area contributed by atoms with Gasteiger partial charge in [-0.2, -0.15) is 0 Å². The summed E-state index contributed by atoms with van der Waals surface area (Å²) in [5.41, 5.74) is 1.61. The molecule has 0 spiro atoms. The molecule has 0 atom stereocenters. The first-order chi connectivity index (χ1) is 8.35. The van der Waals surface area contributed by atoms with Crippen LogP contribution in [0.25, 0.3) is 0 Å². The second kappa shape index (κ2) is 6.18. The van der Waals surface area contributed by atoms with Crippen molar-refractivity contribution < 1.29 is 5.11 Å². The molecule has 1 aromatic rings. The smallest absolute Gasteiger partial charge is 0.0488 e. The van der Waals surface area contributed by atoms with Crippen molar-refractivity contribution in [3.8, 4) is 0 Å². The number of benzene rings is 1. The number of hydrogen-bond acceptors (Lipinski definition) is 2. The van der Waals surface area contributed by atoms with Crippen molar-refractivity contribution in [2.24, 2.45) is 5.41 Å². The van der Waals surface area contributed by atoms with Gasteiger partial charge in [-0.1, -0.05) is 30.3 Å². The van der Waals surface area contributed by atoms with Crippen LogP contribution in [-0.2, 0) is 6.42 Å². The Morgan fingerprint density at radius 2 is 1.82 bits per heavy atom. The van der Waals surface area contributed by atoms with E-state index < -0.39 is 0 Å². The van der Waals surface area contributed by atoms with Gasteiger partial charge in [0, 0.05) is 6.61 Å². The summed E-state index contributed by atoms with van der Waals surface area (Å²) < 4.78 is 0. The van der Waals surface area contributed by atoms with Crippen LogP contribution in [0.2, 0.25) is 0 Å². The maximum atomic E-state index is 9.61. The minimum atomic E-state index is 0.194. The van der Waals surface area contributed by atoms with Crippen LogP contribution >= 0.6 is 0 Å². The van der Waals surface area contributed by atoms with Crippen molar-refractivity contribution in [3.05, 3.63) is 35.9 Å². The van der Waals surface area contributed by atoms with Gasteiger partial charge in [0.05, 0.1) is 0 Å². The van der Waals surface area contributed by atoms with Crippen LogP contribution in [0.1, 0.15) is 31.2 Å². The normalized spacial score (nSPS) is 19.1. The van der Waals surface area contributed by atoms with Crippen molar-refractivity contribution in [1.29, 1.82) is 0 Å². The third-order valence-electron chi connectivity index (χ3n) is 4.02. The zero-order valence-electron chi connectivity index (χ0n) is 10.5. The summed E-state index contributed by atoms with van der Waals surface area (Å²) in [6.45, 7) is 2.47. The quantitative estimate of drug-likeness (QED) is 0.818. The molecule has 1 fully saturated rings. The fourth-order valence-electron chi connectivity index (χ4n) is 2.76. The van der Waals surface area contributed by atoms with Gasteiger partial charge >= 0.3 is 0 Å². The van der Waals surface area contributed by atoms with E-state index in [9.17, 15) is 5.11 Å². The third-order valence-corrected chi connectivity index (χ3v) is 4.02. The fourth-order valence-corrected chi connectivity index (χ4v) is 2.76.